The topological polar surface area (TPSA) is 75.9 Å². The zero-order valence-electron chi connectivity index (χ0n) is 12.4. The number of hydrogen-bond acceptors (Lipinski definition) is 4. The van der Waals surface area contributed by atoms with Crippen LogP contribution in [0.5, 0.6) is 0 Å². The molecule has 23 heavy (non-hydrogen) atoms. The van der Waals surface area contributed by atoms with Crippen LogP contribution in [0.3, 0.4) is 0 Å². The molecule has 118 valence electrons. The van der Waals surface area contributed by atoms with Gasteiger partial charge in [0, 0.05) is 0 Å². The highest BCUT2D eigenvalue weighted by molar-refractivity contribution is 6.33. The maximum absolute atomic E-state index is 13.6. The molecule has 0 aliphatic carbocycles. The van der Waals surface area contributed by atoms with Crippen LogP contribution in [-0.2, 0) is 9.57 Å². The number of ether oxygens (including phenoxy) is 1. The van der Waals surface area contributed by atoms with Crippen LogP contribution in [-0.4, -0.2) is 20.2 Å². The van der Waals surface area contributed by atoms with E-state index in [0.717, 1.165) is 0 Å². The van der Waals surface area contributed by atoms with Crippen molar-refractivity contribution in [1.82, 2.24) is 0 Å². The van der Waals surface area contributed by atoms with E-state index in [1.807, 2.05) is 6.07 Å². The molecule has 0 aliphatic rings. The van der Waals surface area contributed by atoms with Crippen molar-refractivity contribution in [2.45, 2.75) is 0 Å². The molecule has 0 heterocycles. The molecular formula is C16H13ClFN2O3+. The first kappa shape index (κ1) is 16.9. The van der Waals surface area contributed by atoms with E-state index in [1.165, 1.54) is 44.0 Å². The second-order valence-electron chi connectivity index (χ2n) is 4.54. The molecule has 0 spiro atoms. The van der Waals surface area contributed by atoms with Gasteiger partial charge in [0.25, 0.3) is 0 Å². The maximum Gasteiger partial charge on any atom is 0.338 e. The predicted octanol–water partition coefficient (Wildman–Crippen LogP) is 2.56. The van der Waals surface area contributed by atoms with E-state index >= 15 is 0 Å². The van der Waals surface area contributed by atoms with Crippen molar-refractivity contribution in [2.24, 2.45) is 0 Å². The SMILES string of the molecule is CO[NH2+]c1c(C#N)c(Cl)cc(C(=O)OC)c1-c1cccc(F)c1. The lowest BCUT2D eigenvalue weighted by Crippen LogP contribution is -2.76. The lowest BCUT2D eigenvalue weighted by molar-refractivity contribution is -0.830. The lowest BCUT2D eigenvalue weighted by Gasteiger charge is -2.13. The highest BCUT2D eigenvalue weighted by Gasteiger charge is 2.26. The van der Waals surface area contributed by atoms with E-state index < -0.39 is 11.8 Å². The van der Waals surface area contributed by atoms with Crippen molar-refractivity contribution in [3.05, 3.63) is 52.3 Å². The number of nitriles is 1. The Morgan fingerprint density at radius 1 is 1.35 bits per heavy atom. The van der Waals surface area contributed by atoms with Gasteiger partial charge in [0.15, 0.2) is 5.69 Å². The van der Waals surface area contributed by atoms with Gasteiger partial charge in [-0.05, 0) is 23.8 Å². The first-order chi connectivity index (χ1) is 11.0. The number of esters is 1. The minimum Gasteiger partial charge on any atom is -0.465 e. The van der Waals surface area contributed by atoms with E-state index in [0.29, 0.717) is 11.1 Å². The number of benzene rings is 2. The van der Waals surface area contributed by atoms with E-state index in [1.54, 1.807) is 6.07 Å². The molecule has 0 bridgehead atoms. The van der Waals surface area contributed by atoms with Gasteiger partial charge in [0.05, 0.1) is 30.4 Å². The van der Waals surface area contributed by atoms with Crippen molar-refractivity contribution < 1.29 is 24.2 Å². The molecular weight excluding hydrogens is 323 g/mol. The zero-order valence-corrected chi connectivity index (χ0v) is 13.1. The fourth-order valence-corrected chi connectivity index (χ4v) is 2.50. The first-order valence-electron chi connectivity index (χ1n) is 6.50. The van der Waals surface area contributed by atoms with E-state index in [2.05, 4.69) is 0 Å². The Bertz CT molecular complexity index is 803. The summed E-state index contributed by atoms with van der Waals surface area (Å²) >= 11 is 6.08. The summed E-state index contributed by atoms with van der Waals surface area (Å²) in [5, 5.41) is 9.42. The Morgan fingerprint density at radius 3 is 2.65 bits per heavy atom. The number of rotatable bonds is 4. The van der Waals surface area contributed by atoms with Gasteiger partial charge in [-0.25, -0.2) is 14.0 Å². The van der Waals surface area contributed by atoms with Crippen LogP contribution in [0.1, 0.15) is 15.9 Å². The summed E-state index contributed by atoms with van der Waals surface area (Å²) in [7, 11) is 2.62. The summed E-state index contributed by atoms with van der Waals surface area (Å²) in [5.74, 6) is -1.13. The molecule has 2 aromatic carbocycles. The maximum atomic E-state index is 13.6. The Kier molecular flexibility index (Phi) is 5.29. The van der Waals surface area contributed by atoms with Crippen LogP contribution in [0.4, 0.5) is 10.1 Å². The summed E-state index contributed by atoms with van der Waals surface area (Å²) < 4.78 is 18.4. The highest BCUT2D eigenvalue weighted by atomic mass is 35.5. The second kappa shape index (κ2) is 7.20. The van der Waals surface area contributed by atoms with Crippen LogP contribution in [0, 0.1) is 17.1 Å². The van der Waals surface area contributed by atoms with Gasteiger partial charge < -0.3 is 4.74 Å². The number of methoxy groups -OCH3 is 1. The monoisotopic (exact) mass is 335 g/mol. The Balaban J connectivity index is 2.89. The van der Waals surface area contributed by atoms with Gasteiger partial charge in [-0.1, -0.05) is 23.7 Å². The van der Waals surface area contributed by atoms with Crippen molar-refractivity contribution in [1.29, 1.82) is 5.26 Å². The Morgan fingerprint density at radius 2 is 2.09 bits per heavy atom. The van der Waals surface area contributed by atoms with Gasteiger partial charge >= 0.3 is 5.97 Å². The van der Waals surface area contributed by atoms with Crippen LogP contribution < -0.4 is 5.48 Å². The number of carbonyl (C=O) groups is 1. The molecule has 0 aliphatic heterocycles. The summed E-state index contributed by atoms with van der Waals surface area (Å²) in [6.45, 7) is 0. The molecule has 0 aromatic heterocycles. The third-order valence-electron chi connectivity index (χ3n) is 3.18. The molecule has 0 radical (unpaired) electrons. The summed E-state index contributed by atoms with van der Waals surface area (Å²) in [4.78, 5) is 17.1. The second-order valence-corrected chi connectivity index (χ2v) is 4.94. The molecule has 7 heteroatoms. The number of nitrogens with zero attached hydrogens (tertiary/aromatic N) is 1. The minimum atomic E-state index is -0.651. The molecule has 0 saturated heterocycles. The van der Waals surface area contributed by atoms with Gasteiger partial charge in [-0.2, -0.15) is 10.7 Å². The van der Waals surface area contributed by atoms with Crippen molar-refractivity contribution in [3.8, 4) is 17.2 Å². The van der Waals surface area contributed by atoms with Gasteiger partial charge in [0.1, 0.15) is 17.4 Å². The zero-order chi connectivity index (χ0) is 17.0. The van der Waals surface area contributed by atoms with E-state index in [-0.39, 0.29) is 21.8 Å². The number of carbonyl (C=O) groups excluding carboxylic acids is 1. The third-order valence-corrected chi connectivity index (χ3v) is 3.48. The lowest BCUT2D eigenvalue weighted by atomic mass is 9.94. The minimum absolute atomic E-state index is 0.0800. The smallest absolute Gasteiger partial charge is 0.338 e. The molecule has 0 unspecified atom stereocenters. The fraction of sp³-hybridized carbons (Fsp3) is 0.125. The summed E-state index contributed by atoms with van der Waals surface area (Å²) in [6.07, 6.45) is 0. The number of nitrogens with two attached hydrogens (primary N) is 1. The van der Waals surface area contributed by atoms with Crippen molar-refractivity contribution in [3.63, 3.8) is 0 Å². The van der Waals surface area contributed by atoms with Gasteiger partial charge in [-0.15, -0.1) is 0 Å². The molecule has 0 fully saturated rings. The van der Waals surface area contributed by atoms with Crippen LogP contribution in [0.2, 0.25) is 5.02 Å². The average molecular weight is 336 g/mol. The number of hydrogen-bond donors (Lipinski definition) is 1. The van der Waals surface area contributed by atoms with Gasteiger partial charge in [0.2, 0.25) is 0 Å². The average Bonchev–Trinajstić information content (AvgIpc) is 2.54. The summed E-state index contributed by atoms with van der Waals surface area (Å²) in [6, 6.07) is 8.96. The van der Waals surface area contributed by atoms with Crippen LogP contribution in [0.15, 0.2) is 30.3 Å². The quantitative estimate of drug-likeness (QED) is 0.529. The van der Waals surface area contributed by atoms with Crippen molar-refractivity contribution in [2.75, 3.05) is 14.2 Å². The summed E-state index contributed by atoms with van der Waals surface area (Å²) in [5.41, 5.74) is 2.54. The number of halogens is 2. The highest BCUT2D eigenvalue weighted by Crippen LogP contribution is 2.36. The molecule has 0 atom stereocenters. The standard InChI is InChI=1S/C16H12ClFN2O3/c1-22-16(21)11-7-13(17)12(8-19)15(20-23-2)14(11)9-4-3-5-10(18)6-9/h3-7,20H,1-2H3/p+1. The van der Waals surface area contributed by atoms with E-state index in [9.17, 15) is 14.4 Å². The molecule has 5 nitrogen and oxygen atoms in total. The Hall–Kier alpha value is -2.46. The molecule has 0 saturated carbocycles. The molecule has 2 aromatic rings. The predicted molar refractivity (Wildman–Crippen MR) is 81.5 cm³/mol. The largest absolute Gasteiger partial charge is 0.465 e. The normalized spacial score (nSPS) is 10.2. The molecule has 0 amide bonds. The third kappa shape index (κ3) is 3.32. The first-order valence-corrected chi connectivity index (χ1v) is 6.88. The van der Waals surface area contributed by atoms with Crippen LogP contribution in [0.25, 0.3) is 11.1 Å². The molecule has 2 rings (SSSR count). The fourth-order valence-electron chi connectivity index (χ4n) is 2.25. The molecule has 2 N–H and O–H groups in total. The van der Waals surface area contributed by atoms with Gasteiger partial charge in [-0.3, -0.25) is 0 Å². The Labute approximate surface area is 137 Å². The van der Waals surface area contributed by atoms with E-state index in [4.69, 9.17) is 21.2 Å². The van der Waals surface area contributed by atoms with Crippen LogP contribution >= 0.6 is 11.6 Å². The van der Waals surface area contributed by atoms with Crippen molar-refractivity contribution >= 4 is 23.3 Å². The number of quaternary nitrogens is 1.